The van der Waals surface area contributed by atoms with Gasteiger partial charge in [-0.1, -0.05) is 23.7 Å². The van der Waals surface area contributed by atoms with Crippen LogP contribution in [0.25, 0.3) is 6.08 Å². The molecule has 2 aromatic rings. The first kappa shape index (κ1) is 11.2. The summed E-state index contributed by atoms with van der Waals surface area (Å²) >= 11 is 6.11. The van der Waals surface area contributed by atoms with E-state index in [2.05, 4.69) is 5.10 Å². The Kier molecular flexibility index (Phi) is 2.56. The molecule has 1 heterocycles. The normalized spacial score (nSPS) is 16.3. The SMILES string of the molecule is Cn1cc(/C=C2\Cc3c(Cl)cccc3C2=O)cn1. The van der Waals surface area contributed by atoms with E-state index >= 15 is 0 Å². The van der Waals surface area contributed by atoms with Gasteiger partial charge in [0.05, 0.1) is 6.20 Å². The van der Waals surface area contributed by atoms with E-state index in [9.17, 15) is 4.79 Å². The maximum absolute atomic E-state index is 12.2. The maximum Gasteiger partial charge on any atom is 0.189 e. The molecule has 0 saturated heterocycles. The first-order chi connectivity index (χ1) is 8.65. The minimum absolute atomic E-state index is 0.0661. The zero-order valence-corrected chi connectivity index (χ0v) is 10.6. The van der Waals surface area contributed by atoms with Gasteiger partial charge in [0.15, 0.2) is 5.78 Å². The van der Waals surface area contributed by atoms with E-state index in [4.69, 9.17) is 11.6 Å². The molecule has 1 aromatic carbocycles. The van der Waals surface area contributed by atoms with Crippen LogP contribution in [0.4, 0.5) is 0 Å². The van der Waals surface area contributed by atoms with Gasteiger partial charge in [-0.2, -0.15) is 5.10 Å². The molecule has 0 amide bonds. The second kappa shape index (κ2) is 4.10. The molecular weight excluding hydrogens is 248 g/mol. The predicted octanol–water partition coefficient (Wildman–Crippen LogP) is 2.90. The van der Waals surface area contributed by atoms with Crippen LogP contribution in [0, 0.1) is 0 Å². The molecule has 0 atom stereocenters. The number of aryl methyl sites for hydroxylation is 1. The zero-order chi connectivity index (χ0) is 12.7. The van der Waals surface area contributed by atoms with Crippen molar-refractivity contribution in [3.63, 3.8) is 0 Å². The second-order valence-electron chi connectivity index (χ2n) is 4.39. The molecule has 0 N–H and O–H groups in total. The molecule has 0 bridgehead atoms. The Morgan fingerprint density at radius 2 is 2.28 bits per heavy atom. The van der Waals surface area contributed by atoms with Crippen molar-refractivity contribution in [2.45, 2.75) is 6.42 Å². The largest absolute Gasteiger partial charge is 0.289 e. The minimum Gasteiger partial charge on any atom is -0.289 e. The lowest BCUT2D eigenvalue weighted by Crippen LogP contribution is -1.94. The standard InChI is InChI=1S/C14H11ClN2O/c1-17-8-9(7-16-17)5-10-6-12-11(14(10)18)3-2-4-13(12)15/h2-5,7-8H,6H2,1H3/b10-5+. The van der Waals surface area contributed by atoms with Gasteiger partial charge in [-0.15, -0.1) is 0 Å². The van der Waals surface area contributed by atoms with Crippen LogP contribution in [-0.4, -0.2) is 15.6 Å². The quantitative estimate of drug-likeness (QED) is 0.737. The molecule has 1 aliphatic carbocycles. The van der Waals surface area contributed by atoms with E-state index in [1.54, 1.807) is 10.9 Å². The molecule has 1 aromatic heterocycles. The number of carbonyl (C=O) groups excluding carboxylic acids is 1. The van der Waals surface area contributed by atoms with Crippen LogP contribution in [0.1, 0.15) is 21.5 Å². The highest BCUT2D eigenvalue weighted by Crippen LogP contribution is 2.32. The monoisotopic (exact) mass is 258 g/mol. The van der Waals surface area contributed by atoms with Gasteiger partial charge >= 0.3 is 0 Å². The fourth-order valence-corrected chi connectivity index (χ4v) is 2.47. The molecule has 18 heavy (non-hydrogen) atoms. The average molecular weight is 259 g/mol. The number of ketones is 1. The van der Waals surface area contributed by atoms with Crippen LogP contribution in [0.15, 0.2) is 36.2 Å². The smallest absolute Gasteiger partial charge is 0.189 e. The van der Waals surface area contributed by atoms with Crippen molar-refractivity contribution in [2.75, 3.05) is 0 Å². The third kappa shape index (κ3) is 1.77. The number of benzene rings is 1. The lowest BCUT2D eigenvalue weighted by molar-refractivity contribution is 0.104. The summed E-state index contributed by atoms with van der Waals surface area (Å²) in [5, 5.41) is 4.75. The summed E-state index contributed by atoms with van der Waals surface area (Å²) in [5.74, 6) is 0.0661. The second-order valence-corrected chi connectivity index (χ2v) is 4.80. The van der Waals surface area contributed by atoms with Gasteiger partial charge in [0.1, 0.15) is 0 Å². The Bertz CT molecular complexity index is 670. The van der Waals surface area contributed by atoms with Crippen LogP contribution in [0.2, 0.25) is 5.02 Å². The Labute approximate surface area is 110 Å². The first-order valence-electron chi connectivity index (χ1n) is 5.66. The van der Waals surface area contributed by atoms with E-state index in [0.717, 1.165) is 22.3 Å². The number of nitrogens with zero attached hydrogens (tertiary/aromatic N) is 2. The van der Waals surface area contributed by atoms with E-state index in [1.165, 1.54) is 0 Å². The van der Waals surface area contributed by atoms with Crippen molar-refractivity contribution in [3.8, 4) is 0 Å². The van der Waals surface area contributed by atoms with Gasteiger partial charge in [0, 0.05) is 41.4 Å². The topological polar surface area (TPSA) is 34.9 Å². The van der Waals surface area contributed by atoms with Crippen LogP contribution in [0.3, 0.4) is 0 Å². The van der Waals surface area contributed by atoms with Crippen LogP contribution in [0.5, 0.6) is 0 Å². The molecule has 0 fully saturated rings. The van der Waals surface area contributed by atoms with E-state index in [-0.39, 0.29) is 5.78 Å². The molecule has 4 heteroatoms. The Morgan fingerprint density at radius 3 is 2.94 bits per heavy atom. The average Bonchev–Trinajstić information content (AvgIpc) is 2.88. The van der Waals surface area contributed by atoms with Crippen LogP contribution < -0.4 is 0 Å². The molecule has 90 valence electrons. The van der Waals surface area contributed by atoms with Crippen molar-refractivity contribution in [1.29, 1.82) is 0 Å². The highest BCUT2D eigenvalue weighted by atomic mass is 35.5. The fraction of sp³-hybridized carbons (Fsp3) is 0.143. The molecular formula is C14H11ClN2O. The Balaban J connectivity index is 2.02. The van der Waals surface area contributed by atoms with Crippen molar-refractivity contribution < 1.29 is 4.79 Å². The van der Waals surface area contributed by atoms with Crippen LogP contribution >= 0.6 is 11.6 Å². The number of rotatable bonds is 1. The number of Topliss-reactive ketones (excluding diaryl/α,β-unsaturated/α-hetero) is 1. The van der Waals surface area contributed by atoms with Gasteiger partial charge in [-0.25, -0.2) is 0 Å². The van der Waals surface area contributed by atoms with Gasteiger partial charge in [0.2, 0.25) is 0 Å². The van der Waals surface area contributed by atoms with E-state index in [0.29, 0.717) is 11.4 Å². The number of carbonyl (C=O) groups is 1. The number of hydrogen-bond donors (Lipinski definition) is 0. The molecule has 0 radical (unpaired) electrons. The molecule has 0 saturated carbocycles. The van der Waals surface area contributed by atoms with Crippen molar-refractivity contribution in [3.05, 3.63) is 57.9 Å². The lowest BCUT2D eigenvalue weighted by Gasteiger charge is -1.97. The van der Waals surface area contributed by atoms with Crippen LogP contribution in [-0.2, 0) is 13.5 Å². The van der Waals surface area contributed by atoms with E-state index in [1.807, 2.05) is 37.5 Å². The summed E-state index contributed by atoms with van der Waals surface area (Å²) < 4.78 is 1.71. The maximum atomic E-state index is 12.2. The van der Waals surface area contributed by atoms with Gasteiger partial charge in [-0.05, 0) is 17.7 Å². The lowest BCUT2D eigenvalue weighted by atomic mass is 10.1. The third-order valence-corrected chi connectivity index (χ3v) is 3.44. The summed E-state index contributed by atoms with van der Waals surface area (Å²) in [5.41, 5.74) is 3.35. The highest BCUT2D eigenvalue weighted by molar-refractivity contribution is 6.33. The van der Waals surface area contributed by atoms with Crippen molar-refractivity contribution in [1.82, 2.24) is 9.78 Å². The fourth-order valence-electron chi connectivity index (χ4n) is 2.23. The van der Waals surface area contributed by atoms with Gasteiger partial charge < -0.3 is 0 Å². The minimum atomic E-state index is 0.0661. The predicted molar refractivity (Wildman–Crippen MR) is 70.7 cm³/mol. The Hall–Kier alpha value is -1.87. The zero-order valence-electron chi connectivity index (χ0n) is 9.85. The number of hydrogen-bond acceptors (Lipinski definition) is 2. The Morgan fingerprint density at radius 1 is 1.44 bits per heavy atom. The third-order valence-electron chi connectivity index (χ3n) is 3.09. The first-order valence-corrected chi connectivity index (χ1v) is 6.04. The van der Waals surface area contributed by atoms with Crippen molar-refractivity contribution >= 4 is 23.5 Å². The summed E-state index contributed by atoms with van der Waals surface area (Å²) in [7, 11) is 1.85. The molecule has 3 nitrogen and oxygen atoms in total. The number of halogens is 1. The highest BCUT2D eigenvalue weighted by Gasteiger charge is 2.26. The number of allylic oxidation sites excluding steroid dienone is 1. The molecule has 0 aliphatic heterocycles. The molecule has 0 spiro atoms. The summed E-state index contributed by atoms with van der Waals surface area (Å²) in [6, 6.07) is 5.46. The summed E-state index contributed by atoms with van der Waals surface area (Å²) in [6.45, 7) is 0. The summed E-state index contributed by atoms with van der Waals surface area (Å²) in [6.07, 6.45) is 6.10. The number of aromatic nitrogens is 2. The molecule has 0 unspecified atom stereocenters. The molecule has 3 rings (SSSR count). The summed E-state index contributed by atoms with van der Waals surface area (Å²) in [4.78, 5) is 12.2. The van der Waals surface area contributed by atoms with Gasteiger partial charge in [0.25, 0.3) is 0 Å². The molecule has 1 aliphatic rings. The van der Waals surface area contributed by atoms with Crippen molar-refractivity contribution in [2.24, 2.45) is 7.05 Å². The van der Waals surface area contributed by atoms with E-state index < -0.39 is 0 Å². The van der Waals surface area contributed by atoms with Gasteiger partial charge in [-0.3, -0.25) is 9.48 Å². The number of fused-ring (bicyclic) bond motifs is 1.